The monoisotopic (exact) mass is 251 g/mol. The molecule has 17 heavy (non-hydrogen) atoms. The zero-order valence-electron chi connectivity index (χ0n) is 10.2. The van der Waals surface area contributed by atoms with Crippen molar-refractivity contribution in [3.8, 4) is 0 Å². The summed E-state index contributed by atoms with van der Waals surface area (Å²) in [6, 6.07) is 1.97. The Morgan fingerprint density at radius 2 is 2.06 bits per heavy atom. The normalized spacial score (nSPS) is 27.4. The van der Waals surface area contributed by atoms with Gasteiger partial charge in [-0.25, -0.2) is 4.21 Å². The molecule has 92 valence electrons. The lowest BCUT2D eigenvalue weighted by atomic mass is 9.88. The van der Waals surface area contributed by atoms with Crippen LogP contribution in [0.4, 0.5) is 5.69 Å². The van der Waals surface area contributed by atoms with Crippen molar-refractivity contribution in [2.75, 3.05) is 31.5 Å². The van der Waals surface area contributed by atoms with Crippen molar-refractivity contribution in [1.29, 1.82) is 0 Å². The number of aromatic nitrogens is 1. The second-order valence-corrected chi connectivity index (χ2v) is 6.76. The van der Waals surface area contributed by atoms with E-state index in [-0.39, 0.29) is 4.75 Å². The van der Waals surface area contributed by atoms with Gasteiger partial charge in [0.2, 0.25) is 0 Å². The van der Waals surface area contributed by atoms with E-state index in [1.807, 2.05) is 23.6 Å². The Balaban J connectivity index is 2.09. The molecule has 1 fully saturated rings. The van der Waals surface area contributed by atoms with Crippen LogP contribution in [0.15, 0.2) is 18.5 Å². The van der Waals surface area contributed by atoms with E-state index in [4.69, 9.17) is 0 Å². The van der Waals surface area contributed by atoms with Gasteiger partial charge in [0.15, 0.2) is 0 Å². The summed E-state index contributed by atoms with van der Waals surface area (Å²) < 4.78 is 14.4. The maximum absolute atomic E-state index is 12.6. The molecule has 1 unspecified atom stereocenters. The summed E-state index contributed by atoms with van der Waals surface area (Å²) in [6.45, 7) is 2.02. The summed E-state index contributed by atoms with van der Waals surface area (Å²) in [4.78, 5) is 6.52. The van der Waals surface area contributed by atoms with Crippen LogP contribution in [0.5, 0.6) is 0 Å². The number of fused-ring (bicyclic) bond motifs is 2. The molecule has 1 atom stereocenters. The molecule has 3 rings (SSSR count). The van der Waals surface area contributed by atoms with Crippen molar-refractivity contribution >= 4 is 16.7 Å². The molecular weight excluding hydrogens is 234 g/mol. The van der Waals surface area contributed by atoms with E-state index < -0.39 is 11.0 Å². The lowest BCUT2D eigenvalue weighted by molar-refractivity contribution is 0.238. The molecule has 0 bridgehead atoms. The molecule has 0 aliphatic carbocycles. The van der Waals surface area contributed by atoms with Crippen LogP contribution in [-0.4, -0.2) is 41.3 Å². The lowest BCUT2D eigenvalue weighted by Crippen LogP contribution is -2.43. The van der Waals surface area contributed by atoms with E-state index in [1.54, 1.807) is 6.20 Å². The van der Waals surface area contributed by atoms with Crippen LogP contribution in [0, 0.1) is 0 Å². The summed E-state index contributed by atoms with van der Waals surface area (Å²) in [7, 11) is 3.08. The summed E-state index contributed by atoms with van der Waals surface area (Å²) in [5, 5.41) is 0. The van der Waals surface area contributed by atoms with Gasteiger partial charge in [-0.05, 0) is 39.0 Å². The lowest BCUT2D eigenvalue weighted by Gasteiger charge is -2.36. The fourth-order valence-corrected chi connectivity index (χ4v) is 4.62. The number of piperidine rings is 1. The van der Waals surface area contributed by atoms with Gasteiger partial charge in [0.05, 0.1) is 10.4 Å². The molecule has 0 aromatic carbocycles. The maximum Gasteiger partial charge on any atom is 0.130 e. The Labute approximate surface area is 104 Å². The predicted octanol–water partition coefficient (Wildman–Crippen LogP) is 1.12. The third-order valence-electron chi connectivity index (χ3n) is 4.01. The van der Waals surface area contributed by atoms with Crippen molar-refractivity contribution in [3.63, 3.8) is 0 Å². The number of nitrogens with zero attached hydrogens (tertiary/aromatic N) is 3. The molecule has 1 spiro atoms. The third-order valence-corrected chi connectivity index (χ3v) is 6.00. The van der Waals surface area contributed by atoms with E-state index in [0.29, 0.717) is 0 Å². The Kier molecular flexibility index (Phi) is 2.48. The van der Waals surface area contributed by atoms with Crippen LogP contribution < -0.4 is 4.31 Å². The highest BCUT2D eigenvalue weighted by molar-refractivity contribution is 7.87. The van der Waals surface area contributed by atoms with E-state index in [2.05, 4.69) is 16.9 Å². The average Bonchev–Trinajstić information content (AvgIpc) is 2.57. The highest BCUT2D eigenvalue weighted by atomic mass is 32.2. The van der Waals surface area contributed by atoms with E-state index in [1.165, 1.54) is 5.56 Å². The van der Waals surface area contributed by atoms with E-state index in [9.17, 15) is 4.21 Å². The van der Waals surface area contributed by atoms with Gasteiger partial charge >= 0.3 is 0 Å². The first-order valence-corrected chi connectivity index (χ1v) is 7.04. The van der Waals surface area contributed by atoms with Gasteiger partial charge in [0, 0.05) is 25.0 Å². The molecular formula is C12H17N3OS. The topological polar surface area (TPSA) is 36.4 Å². The average molecular weight is 251 g/mol. The van der Waals surface area contributed by atoms with Crippen LogP contribution in [0.25, 0.3) is 0 Å². The zero-order chi connectivity index (χ0) is 12.0. The minimum atomic E-state index is -0.957. The fraction of sp³-hybridized carbons (Fsp3) is 0.583. The Bertz CT molecular complexity index is 469. The van der Waals surface area contributed by atoms with Gasteiger partial charge in [-0.2, -0.15) is 0 Å². The minimum Gasteiger partial charge on any atom is -0.306 e. The van der Waals surface area contributed by atoms with Crippen LogP contribution in [-0.2, 0) is 15.7 Å². The van der Waals surface area contributed by atoms with Crippen LogP contribution >= 0.6 is 0 Å². The number of likely N-dealkylation sites (tertiary alicyclic amines) is 1. The molecule has 2 aliphatic rings. The number of hydrogen-bond acceptors (Lipinski definition) is 3. The van der Waals surface area contributed by atoms with Gasteiger partial charge in [0.25, 0.3) is 0 Å². The second-order valence-electron chi connectivity index (χ2n) is 4.94. The molecule has 5 heteroatoms. The van der Waals surface area contributed by atoms with E-state index in [0.717, 1.165) is 31.6 Å². The van der Waals surface area contributed by atoms with Crippen molar-refractivity contribution in [2.24, 2.45) is 0 Å². The first kappa shape index (κ1) is 11.2. The molecule has 4 nitrogen and oxygen atoms in total. The standard InChI is InChI=1S/C12H17N3OS/c1-14-7-4-12(5-8-14)10-9-13-6-3-11(10)15(2)17(12)16/h3,6,9H,4-5,7-8H2,1-2H3. The quantitative estimate of drug-likeness (QED) is 0.693. The highest BCUT2D eigenvalue weighted by Crippen LogP contribution is 2.49. The van der Waals surface area contributed by atoms with Crippen LogP contribution in [0.2, 0.25) is 0 Å². The molecule has 0 N–H and O–H groups in total. The Morgan fingerprint density at radius 1 is 1.35 bits per heavy atom. The van der Waals surface area contributed by atoms with Gasteiger partial charge < -0.3 is 4.90 Å². The van der Waals surface area contributed by atoms with Gasteiger partial charge in [-0.1, -0.05) is 0 Å². The maximum atomic E-state index is 12.6. The molecule has 0 radical (unpaired) electrons. The summed E-state index contributed by atoms with van der Waals surface area (Å²) >= 11 is 0. The molecule has 2 aliphatic heterocycles. The molecule has 1 aromatic rings. The molecule has 1 aromatic heterocycles. The molecule has 0 amide bonds. The SMILES string of the molecule is CN1CCC2(CC1)c1cnccc1N(C)S2=O. The Morgan fingerprint density at radius 3 is 2.76 bits per heavy atom. The summed E-state index contributed by atoms with van der Waals surface area (Å²) in [5.41, 5.74) is 2.26. The first-order chi connectivity index (χ1) is 8.15. The Hall–Kier alpha value is -0.940. The molecule has 1 saturated heterocycles. The van der Waals surface area contributed by atoms with Gasteiger partial charge in [0.1, 0.15) is 11.0 Å². The minimum absolute atomic E-state index is 0.190. The summed E-state index contributed by atoms with van der Waals surface area (Å²) in [6.07, 6.45) is 5.60. The summed E-state index contributed by atoms with van der Waals surface area (Å²) in [5.74, 6) is 0. The van der Waals surface area contributed by atoms with Crippen molar-refractivity contribution in [1.82, 2.24) is 9.88 Å². The highest BCUT2D eigenvalue weighted by Gasteiger charge is 2.49. The second kappa shape index (κ2) is 3.78. The number of rotatable bonds is 0. The van der Waals surface area contributed by atoms with Crippen molar-refractivity contribution < 1.29 is 4.21 Å². The largest absolute Gasteiger partial charge is 0.306 e. The molecule has 3 heterocycles. The van der Waals surface area contributed by atoms with Gasteiger partial charge in [-0.3, -0.25) is 9.29 Å². The van der Waals surface area contributed by atoms with Crippen LogP contribution in [0.1, 0.15) is 18.4 Å². The van der Waals surface area contributed by atoms with Crippen molar-refractivity contribution in [3.05, 3.63) is 24.0 Å². The number of anilines is 1. The third kappa shape index (κ3) is 1.45. The van der Waals surface area contributed by atoms with Gasteiger partial charge in [-0.15, -0.1) is 0 Å². The predicted molar refractivity (Wildman–Crippen MR) is 69.2 cm³/mol. The van der Waals surface area contributed by atoms with Crippen molar-refractivity contribution in [2.45, 2.75) is 17.6 Å². The molecule has 0 saturated carbocycles. The number of pyridine rings is 1. The fourth-order valence-electron chi connectivity index (χ4n) is 2.88. The smallest absolute Gasteiger partial charge is 0.130 e. The zero-order valence-corrected chi connectivity index (χ0v) is 11.0. The first-order valence-electron chi connectivity index (χ1n) is 5.94. The number of hydrogen-bond donors (Lipinski definition) is 0. The van der Waals surface area contributed by atoms with Crippen LogP contribution in [0.3, 0.4) is 0 Å². The van der Waals surface area contributed by atoms with E-state index >= 15 is 0 Å².